The van der Waals surface area contributed by atoms with E-state index >= 15 is 0 Å². The summed E-state index contributed by atoms with van der Waals surface area (Å²) in [5, 5.41) is 0. The van der Waals surface area contributed by atoms with Crippen LogP contribution in [0.4, 0.5) is 0 Å². The molecule has 0 aromatic heterocycles. The minimum absolute atomic E-state index is 0.106. The minimum Gasteiger partial charge on any atom is -0.462 e. The highest BCUT2D eigenvalue weighted by Gasteiger charge is 2.19. The van der Waals surface area contributed by atoms with Gasteiger partial charge in [0.05, 0.1) is 0 Å². The molecule has 0 rings (SSSR count). The molecule has 386 valence electrons. The summed E-state index contributed by atoms with van der Waals surface area (Å²) >= 11 is 0. The molecule has 6 heteroatoms. The molecule has 1 atom stereocenters. The Bertz CT molecular complexity index is 1410. The van der Waals surface area contributed by atoms with E-state index in [4.69, 9.17) is 14.2 Å². The molecular formula is C62H102O6. The maximum atomic E-state index is 12.8. The molecular weight excluding hydrogens is 841 g/mol. The Morgan fingerprint density at radius 1 is 0.309 bits per heavy atom. The van der Waals surface area contributed by atoms with Gasteiger partial charge >= 0.3 is 17.9 Å². The van der Waals surface area contributed by atoms with Crippen LogP contribution in [0.15, 0.2) is 109 Å². The van der Waals surface area contributed by atoms with Gasteiger partial charge in [-0.3, -0.25) is 14.4 Å². The monoisotopic (exact) mass is 943 g/mol. The standard InChI is InChI=1S/C62H102O6/c1-4-7-10-13-16-19-22-25-28-30-31-32-35-37-40-43-46-49-52-55-61(64)67-58-59(57-66-60(63)54-51-48-45-42-39-36-33-27-24-21-18-15-12-9-6-3)68-62(65)56-53-50-47-44-41-38-34-29-26-23-20-17-14-11-8-5-2/h7-8,10-11,16-17,19-20,25-26,28-29,31-32,37,40,46,49,59H,4-6,9,12-15,18,21-24,27,30,33-36,38-39,41-45,47-48,50-58H2,1-3H3/b10-7-,11-8-,19-16-,20-17-,28-25-,29-26-,32-31-,40-37-,49-46-. The van der Waals surface area contributed by atoms with Crippen molar-refractivity contribution < 1.29 is 28.6 Å². The molecule has 0 aliphatic heterocycles. The summed E-state index contributed by atoms with van der Waals surface area (Å²) in [4.78, 5) is 38.1. The van der Waals surface area contributed by atoms with Crippen molar-refractivity contribution in [2.45, 2.75) is 252 Å². The van der Waals surface area contributed by atoms with Crippen molar-refractivity contribution in [1.82, 2.24) is 0 Å². The fraction of sp³-hybridized carbons (Fsp3) is 0.661. The first-order valence-corrected chi connectivity index (χ1v) is 27.9. The van der Waals surface area contributed by atoms with Crippen LogP contribution < -0.4 is 0 Å². The number of carbonyl (C=O) groups is 3. The average Bonchev–Trinajstić information content (AvgIpc) is 3.34. The van der Waals surface area contributed by atoms with E-state index in [1.54, 1.807) is 0 Å². The number of hydrogen-bond donors (Lipinski definition) is 0. The molecule has 1 unspecified atom stereocenters. The number of rotatable bonds is 49. The lowest BCUT2D eigenvalue weighted by atomic mass is 10.0. The van der Waals surface area contributed by atoms with E-state index in [9.17, 15) is 14.4 Å². The Morgan fingerprint density at radius 3 is 0.985 bits per heavy atom. The molecule has 0 amide bonds. The largest absolute Gasteiger partial charge is 0.462 e. The molecule has 0 bridgehead atoms. The van der Waals surface area contributed by atoms with Crippen LogP contribution in [0.3, 0.4) is 0 Å². The molecule has 0 radical (unpaired) electrons. The van der Waals surface area contributed by atoms with Gasteiger partial charge in [-0.2, -0.15) is 0 Å². The van der Waals surface area contributed by atoms with Gasteiger partial charge in [-0.05, 0) is 89.9 Å². The van der Waals surface area contributed by atoms with Gasteiger partial charge in [-0.1, -0.05) is 246 Å². The van der Waals surface area contributed by atoms with Crippen molar-refractivity contribution >= 4 is 17.9 Å². The summed E-state index contributed by atoms with van der Waals surface area (Å²) in [6.45, 7) is 6.34. The first-order chi connectivity index (χ1) is 33.5. The number of allylic oxidation sites excluding steroid dienone is 18. The van der Waals surface area contributed by atoms with Crippen molar-refractivity contribution in [2.75, 3.05) is 13.2 Å². The molecule has 0 aromatic carbocycles. The van der Waals surface area contributed by atoms with E-state index in [1.165, 1.54) is 89.9 Å². The van der Waals surface area contributed by atoms with Crippen LogP contribution in [0.5, 0.6) is 0 Å². The molecule has 0 heterocycles. The van der Waals surface area contributed by atoms with Crippen LogP contribution in [-0.4, -0.2) is 37.2 Å². The van der Waals surface area contributed by atoms with Crippen LogP contribution in [0.2, 0.25) is 0 Å². The summed E-state index contributed by atoms with van der Waals surface area (Å²) in [6, 6.07) is 0. The van der Waals surface area contributed by atoms with E-state index in [-0.39, 0.29) is 37.5 Å². The van der Waals surface area contributed by atoms with E-state index in [0.717, 1.165) is 109 Å². The third kappa shape index (κ3) is 53.0. The maximum absolute atomic E-state index is 12.8. The van der Waals surface area contributed by atoms with Gasteiger partial charge in [0.2, 0.25) is 0 Å². The van der Waals surface area contributed by atoms with Gasteiger partial charge in [-0.25, -0.2) is 0 Å². The Morgan fingerprint density at radius 2 is 0.603 bits per heavy atom. The molecule has 0 saturated heterocycles. The normalized spacial score (nSPS) is 12.9. The minimum atomic E-state index is -0.816. The molecule has 6 nitrogen and oxygen atoms in total. The number of ether oxygens (including phenoxy) is 3. The second-order valence-electron chi connectivity index (χ2n) is 18.1. The zero-order chi connectivity index (χ0) is 49.3. The van der Waals surface area contributed by atoms with E-state index in [0.29, 0.717) is 19.3 Å². The molecule has 0 aliphatic carbocycles. The summed E-state index contributed by atoms with van der Waals surface area (Å²) in [5.74, 6) is -1.01. The first kappa shape index (κ1) is 64.1. The maximum Gasteiger partial charge on any atom is 0.306 e. The molecule has 0 spiro atoms. The number of esters is 3. The van der Waals surface area contributed by atoms with Gasteiger partial charge in [0, 0.05) is 19.3 Å². The van der Waals surface area contributed by atoms with Gasteiger partial charge < -0.3 is 14.2 Å². The second kappa shape index (κ2) is 55.7. The van der Waals surface area contributed by atoms with Crippen molar-refractivity contribution in [2.24, 2.45) is 0 Å². The fourth-order valence-corrected chi connectivity index (χ4v) is 7.42. The van der Waals surface area contributed by atoms with Crippen LogP contribution >= 0.6 is 0 Å². The fourth-order valence-electron chi connectivity index (χ4n) is 7.42. The third-order valence-corrected chi connectivity index (χ3v) is 11.5. The van der Waals surface area contributed by atoms with Crippen molar-refractivity contribution in [1.29, 1.82) is 0 Å². The zero-order valence-corrected chi connectivity index (χ0v) is 44.1. The zero-order valence-electron chi connectivity index (χ0n) is 44.1. The second-order valence-corrected chi connectivity index (χ2v) is 18.1. The number of unbranched alkanes of at least 4 members (excludes halogenated alkanes) is 20. The van der Waals surface area contributed by atoms with Gasteiger partial charge in [0.15, 0.2) is 6.10 Å². The molecule has 0 aromatic rings. The number of carbonyl (C=O) groups excluding carboxylic acids is 3. The van der Waals surface area contributed by atoms with Gasteiger partial charge in [-0.15, -0.1) is 0 Å². The van der Waals surface area contributed by atoms with Crippen LogP contribution in [0, 0.1) is 0 Å². The highest BCUT2D eigenvalue weighted by molar-refractivity contribution is 5.71. The van der Waals surface area contributed by atoms with Crippen LogP contribution in [-0.2, 0) is 28.6 Å². The summed E-state index contributed by atoms with van der Waals surface area (Å²) < 4.78 is 16.8. The Labute approximate surface area is 419 Å². The topological polar surface area (TPSA) is 78.9 Å². The lowest BCUT2D eigenvalue weighted by molar-refractivity contribution is -0.166. The quantitative estimate of drug-likeness (QED) is 0.0262. The predicted octanol–water partition coefficient (Wildman–Crippen LogP) is 18.7. The van der Waals surface area contributed by atoms with E-state index in [2.05, 4.69) is 124 Å². The lowest BCUT2D eigenvalue weighted by Gasteiger charge is -2.18. The van der Waals surface area contributed by atoms with Gasteiger partial charge in [0.1, 0.15) is 13.2 Å². The van der Waals surface area contributed by atoms with Crippen LogP contribution in [0.1, 0.15) is 245 Å². The third-order valence-electron chi connectivity index (χ3n) is 11.5. The first-order valence-electron chi connectivity index (χ1n) is 27.9. The Balaban J connectivity index is 4.52. The molecule has 68 heavy (non-hydrogen) atoms. The highest BCUT2D eigenvalue weighted by Crippen LogP contribution is 2.15. The van der Waals surface area contributed by atoms with E-state index < -0.39 is 6.10 Å². The summed E-state index contributed by atoms with van der Waals surface area (Å²) in [7, 11) is 0. The molecule has 0 aliphatic rings. The smallest absolute Gasteiger partial charge is 0.306 e. The summed E-state index contributed by atoms with van der Waals surface area (Å²) in [6.07, 6.45) is 75.1. The molecule has 0 N–H and O–H groups in total. The molecule has 0 saturated carbocycles. The SMILES string of the molecule is CC/C=C\C/C=C\C/C=C\C/C=C\C/C=C\C/C=C\CCC(=O)OCC(COC(=O)CCCCCCCCCCCCCCCCC)OC(=O)CCCCCCCC/C=C\C/C=C\C/C=C\CC. The van der Waals surface area contributed by atoms with Crippen LogP contribution in [0.25, 0.3) is 0 Å². The van der Waals surface area contributed by atoms with Crippen molar-refractivity contribution in [3.63, 3.8) is 0 Å². The molecule has 0 fully saturated rings. The Hall–Kier alpha value is -3.93. The lowest BCUT2D eigenvalue weighted by Crippen LogP contribution is -2.30. The van der Waals surface area contributed by atoms with Crippen molar-refractivity contribution in [3.8, 4) is 0 Å². The average molecular weight is 943 g/mol. The Kier molecular flexibility index (Phi) is 52.4. The van der Waals surface area contributed by atoms with Gasteiger partial charge in [0.25, 0.3) is 0 Å². The van der Waals surface area contributed by atoms with E-state index in [1.807, 2.05) is 6.08 Å². The number of hydrogen-bond acceptors (Lipinski definition) is 6. The summed E-state index contributed by atoms with van der Waals surface area (Å²) in [5.41, 5.74) is 0. The highest BCUT2D eigenvalue weighted by atomic mass is 16.6. The predicted molar refractivity (Wildman–Crippen MR) is 293 cm³/mol. The van der Waals surface area contributed by atoms with Crippen molar-refractivity contribution in [3.05, 3.63) is 109 Å².